The minimum Gasteiger partial charge on any atom is -0.357 e. The number of likely N-dealkylation sites (tertiary alicyclic amines) is 1. The van der Waals surface area contributed by atoms with Crippen molar-refractivity contribution in [3.63, 3.8) is 0 Å². The van der Waals surface area contributed by atoms with Gasteiger partial charge in [-0.2, -0.15) is 13.2 Å². The summed E-state index contributed by atoms with van der Waals surface area (Å²) >= 11 is 1.04. The summed E-state index contributed by atoms with van der Waals surface area (Å²) in [5, 5.41) is 7.90. The number of nitrogens with zero attached hydrogens (tertiary/aromatic N) is 3. The molecule has 2 rings (SSSR count). The van der Waals surface area contributed by atoms with Gasteiger partial charge in [-0.1, -0.05) is 0 Å². The Labute approximate surface area is 150 Å². The number of halogens is 3. The van der Waals surface area contributed by atoms with Gasteiger partial charge in [-0.25, -0.2) is 4.98 Å². The van der Waals surface area contributed by atoms with E-state index in [4.69, 9.17) is 0 Å². The number of rotatable bonds is 6. The van der Waals surface area contributed by atoms with E-state index >= 15 is 0 Å². The fourth-order valence-electron chi connectivity index (χ4n) is 2.83. The molecule has 0 saturated carbocycles. The molecule has 0 spiro atoms. The molecule has 0 aliphatic carbocycles. The van der Waals surface area contributed by atoms with E-state index in [0.717, 1.165) is 42.9 Å². The highest BCUT2D eigenvalue weighted by Gasteiger charge is 2.33. The van der Waals surface area contributed by atoms with Crippen molar-refractivity contribution in [3.05, 3.63) is 16.1 Å². The summed E-state index contributed by atoms with van der Waals surface area (Å²) in [6.07, 6.45) is -1.54. The monoisotopic (exact) mass is 377 g/mol. The molecular formula is C16H26F3N5S. The zero-order valence-corrected chi connectivity index (χ0v) is 15.5. The predicted molar refractivity (Wildman–Crippen MR) is 95.0 cm³/mol. The van der Waals surface area contributed by atoms with Crippen LogP contribution in [0.15, 0.2) is 10.4 Å². The topological polar surface area (TPSA) is 52.6 Å². The number of hydrogen-bond donors (Lipinski definition) is 2. The largest absolute Gasteiger partial charge is 0.434 e. The molecule has 2 N–H and O–H groups in total. The van der Waals surface area contributed by atoms with Crippen LogP contribution in [0, 0.1) is 5.92 Å². The summed E-state index contributed by atoms with van der Waals surface area (Å²) in [6, 6.07) is 0. The first-order valence-electron chi connectivity index (χ1n) is 8.60. The molecule has 5 nitrogen and oxygen atoms in total. The number of aromatic nitrogens is 1. The van der Waals surface area contributed by atoms with Gasteiger partial charge in [-0.05, 0) is 39.3 Å². The SMILES string of the molecule is CCNC(=NCC1CCCN(C)C1)NCCc1nc(C(F)(F)F)cs1. The second kappa shape index (κ2) is 9.38. The van der Waals surface area contributed by atoms with Gasteiger partial charge in [-0.3, -0.25) is 4.99 Å². The van der Waals surface area contributed by atoms with Crippen LogP contribution in [-0.2, 0) is 12.6 Å². The molecule has 2 heterocycles. The average molecular weight is 377 g/mol. The van der Waals surface area contributed by atoms with E-state index in [2.05, 4.69) is 32.6 Å². The van der Waals surface area contributed by atoms with Gasteiger partial charge >= 0.3 is 6.18 Å². The van der Waals surface area contributed by atoms with E-state index in [-0.39, 0.29) is 0 Å². The Morgan fingerprint density at radius 3 is 2.88 bits per heavy atom. The molecular weight excluding hydrogens is 351 g/mol. The number of aliphatic imine (C=N–C) groups is 1. The smallest absolute Gasteiger partial charge is 0.357 e. The number of alkyl halides is 3. The van der Waals surface area contributed by atoms with Crippen LogP contribution >= 0.6 is 11.3 Å². The van der Waals surface area contributed by atoms with Gasteiger partial charge in [0.05, 0.1) is 5.01 Å². The molecule has 142 valence electrons. The molecule has 0 bridgehead atoms. The second-order valence-corrected chi connectivity index (χ2v) is 7.23. The number of thiazole rings is 1. The summed E-state index contributed by atoms with van der Waals surface area (Å²) in [6.45, 7) is 6.19. The van der Waals surface area contributed by atoms with Crippen molar-refractivity contribution in [1.29, 1.82) is 0 Å². The van der Waals surface area contributed by atoms with Crippen molar-refractivity contribution in [2.75, 3.05) is 39.8 Å². The zero-order chi connectivity index (χ0) is 18.3. The first-order chi connectivity index (χ1) is 11.9. The zero-order valence-electron chi connectivity index (χ0n) is 14.7. The minimum atomic E-state index is -4.37. The highest BCUT2D eigenvalue weighted by molar-refractivity contribution is 7.09. The van der Waals surface area contributed by atoms with Crippen LogP contribution in [0.4, 0.5) is 13.2 Å². The Hall–Kier alpha value is -1.35. The Balaban J connectivity index is 1.80. The van der Waals surface area contributed by atoms with E-state index in [1.807, 2.05) is 6.92 Å². The van der Waals surface area contributed by atoms with Crippen molar-refractivity contribution in [2.45, 2.75) is 32.4 Å². The van der Waals surface area contributed by atoms with E-state index in [9.17, 15) is 13.2 Å². The third kappa shape index (κ3) is 6.81. The summed E-state index contributed by atoms with van der Waals surface area (Å²) in [5.41, 5.74) is -0.811. The van der Waals surface area contributed by atoms with Crippen LogP contribution in [0.5, 0.6) is 0 Å². The Morgan fingerprint density at radius 1 is 1.44 bits per heavy atom. The summed E-state index contributed by atoms with van der Waals surface area (Å²) in [5.74, 6) is 1.27. The fraction of sp³-hybridized carbons (Fsp3) is 0.750. The molecule has 1 aromatic heterocycles. The third-order valence-corrected chi connectivity index (χ3v) is 4.96. The van der Waals surface area contributed by atoms with Crippen LogP contribution in [0.25, 0.3) is 0 Å². The van der Waals surface area contributed by atoms with Gasteiger partial charge in [0.25, 0.3) is 0 Å². The van der Waals surface area contributed by atoms with Crippen LogP contribution in [0.1, 0.15) is 30.5 Å². The van der Waals surface area contributed by atoms with E-state index < -0.39 is 11.9 Å². The number of nitrogens with one attached hydrogen (secondary N) is 2. The van der Waals surface area contributed by atoms with Crippen molar-refractivity contribution in [3.8, 4) is 0 Å². The molecule has 1 fully saturated rings. The number of hydrogen-bond acceptors (Lipinski definition) is 4. The molecule has 1 atom stereocenters. The maximum Gasteiger partial charge on any atom is 0.434 e. The lowest BCUT2D eigenvalue weighted by Gasteiger charge is -2.28. The molecule has 0 radical (unpaired) electrons. The molecule has 1 saturated heterocycles. The van der Waals surface area contributed by atoms with Gasteiger partial charge < -0.3 is 15.5 Å². The lowest BCUT2D eigenvalue weighted by atomic mass is 9.99. The Kier molecular flexibility index (Phi) is 7.49. The quantitative estimate of drug-likeness (QED) is 0.591. The molecule has 1 aromatic rings. The Bertz CT molecular complexity index is 558. The first-order valence-corrected chi connectivity index (χ1v) is 9.48. The summed E-state index contributed by atoms with van der Waals surface area (Å²) < 4.78 is 37.7. The van der Waals surface area contributed by atoms with Gasteiger partial charge in [0.2, 0.25) is 0 Å². The van der Waals surface area contributed by atoms with Gasteiger partial charge in [0.15, 0.2) is 11.7 Å². The number of guanidine groups is 1. The highest BCUT2D eigenvalue weighted by Crippen LogP contribution is 2.29. The van der Waals surface area contributed by atoms with Gasteiger partial charge in [0, 0.05) is 38.0 Å². The summed E-state index contributed by atoms with van der Waals surface area (Å²) in [4.78, 5) is 10.6. The maximum atomic E-state index is 12.6. The van der Waals surface area contributed by atoms with Gasteiger partial charge in [-0.15, -0.1) is 11.3 Å². The molecule has 1 aliphatic rings. The molecule has 1 unspecified atom stereocenters. The van der Waals surface area contributed by atoms with Crippen LogP contribution < -0.4 is 10.6 Å². The van der Waals surface area contributed by atoms with E-state index in [1.165, 1.54) is 12.8 Å². The summed E-state index contributed by atoms with van der Waals surface area (Å²) in [7, 11) is 2.13. The van der Waals surface area contributed by atoms with E-state index in [1.54, 1.807) is 0 Å². The normalized spacial score (nSPS) is 19.9. The molecule has 1 aliphatic heterocycles. The minimum absolute atomic E-state index is 0.442. The van der Waals surface area contributed by atoms with Crippen molar-refractivity contribution >= 4 is 17.3 Å². The molecule has 0 aromatic carbocycles. The van der Waals surface area contributed by atoms with Gasteiger partial charge in [0.1, 0.15) is 0 Å². The standard InChI is InChI=1S/C16H26F3N5S/c1-3-20-15(22-9-12-5-4-8-24(2)10-12)21-7-6-14-23-13(11-25-14)16(17,18)19/h11-12H,3-10H2,1-2H3,(H2,20,21,22). The predicted octanol–water partition coefficient (Wildman–Crippen LogP) is 2.60. The first kappa shape index (κ1) is 20.0. The van der Waals surface area contributed by atoms with Crippen LogP contribution in [0.3, 0.4) is 0 Å². The maximum absolute atomic E-state index is 12.6. The lowest BCUT2D eigenvalue weighted by Crippen LogP contribution is -2.39. The highest BCUT2D eigenvalue weighted by atomic mass is 32.1. The van der Waals surface area contributed by atoms with E-state index in [0.29, 0.717) is 29.9 Å². The number of piperidine rings is 1. The molecule has 25 heavy (non-hydrogen) atoms. The Morgan fingerprint density at radius 2 is 2.24 bits per heavy atom. The molecule has 0 amide bonds. The fourth-order valence-corrected chi connectivity index (χ4v) is 3.63. The van der Waals surface area contributed by atoms with Crippen molar-refractivity contribution in [1.82, 2.24) is 20.5 Å². The van der Waals surface area contributed by atoms with Crippen molar-refractivity contribution in [2.24, 2.45) is 10.9 Å². The second-order valence-electron chi connectivity index (χ2n) is 6.29. The molecule has 9 heteroatoms. The van der Waals surface area contributed by atoms with Crippen molar-refractivity contribution < 1.29 is 13.2 Å². The average Bonchev–Trinajstić information content (AvgIpc) is 3.02. The third-order valence-electron chi connectivity index (χ3n) is 4.05. The van der Waals surface area contributed by atoms with Crippen LogP contribution in [-0.4, -0.2) is 55.6 Å². The van der Waals surface area contributed by atoms with Crippen LogP contribution in [0.2, 0.25) is 0 Å². The lowest BCUT2D eigenvalue weighted by molar-refractivity contribution is -0.140.